The number of hydrogen-bond acceptors (Lipinski definition) is 3. The number of aryl methyl sites for hydroxylation is 1. The van der Waals surface area contributed by atoms with Crippen LogP contribution in [0.25, 0.3) is 0 Å². The van der Waals surface area contributed by atoms with Crippen molar-refractivity contribution in [3.63, 3.8) is 0 Å². The minimum atomic E-state index is -0.384. The highest BCUT2D eigenvalue weighted by atomic mass is 19.1. The molecule has 2 aromatic rings. The van der Waals surface area contributed by atoms with Gasteiger partial charge in [0.2, 0.25) is 0 Å². The van der Waals surface area contributed by atoms with E-state index < -0.39 is 0 Å². The molecule has 2 aromatic carbocycles. The number of methoxy groups -OCH3 is 1. The van der Waals surface area contributed by atoms with Crippen LogP contribution in [0.5, 0.6) is 5.75 Å². The fourth-order valence-electron chi connectivity index (χ4n) is 2.05. The molecule has 0 radical (unpaired) electrons. The number of hydrogen-bond donors (Lipinski definition) is 2. The van der Waals surface area contributed by atoms with Gasteiger partial charge in [0, 0.05) is 5.56 Å². The quantitative estimate of drug-likeness (QED) is 0.656. The third-order valence-electron chi connectivity index (χ3n) is 3.08. The molecule has 0 aliphatic carbocycles. The normalized spacial score (nSPS) is 12.2. The van der Waals surface area contributed by atoms with Crippen molar-refractivity contribution in [2.45, 2.75) is 13.0 Å². The first-order valence-corrected chi connectivity index (χ1v) is 6.02. The van der Waals surface area contributed by atoms with E-state index in [1.54, 1.807) is 19.2 Å². The SMILES string of the molecule is COc1ccc(C(NN)c2cc(C)ccc2F)cc1. The fraction of sp³-hybridized carbons (Fsp3) is 0.200. The smallest absolute Gasteiger partial charge is 0.128 e. The number of halogens is 1. The third-order valence-corrected chi connectivity index (χ3v) is 3.08. The van der Waals surface area contributed by atoms with Crippen LogP contribution in [0.2, 0.25) is 0 Å². The maximum atomic E-state index is 13.9. The van der Waals surface area contributed by atoms with E-state index in [9.17, 15) is 4.39 Å². The van der Waals surface area contributed by atoms with Gasteiger partial charge in [-0.2, -0.15) is 0 Å². The zero-order valence-electron chi connectivity index (χ0n) is 11.0. The predicted octanol–water partition coefficient (Wildman–Crippen LogP) is 2.70. The largest absolute Gasteiger partial charge is 0.497 e. The minimum Gasteiger partial charge on any atom is -0.497 e. The number of benzene rings is 2. The van der Waals surface area contributed by atoms with E-state index in [2.05, 4.69) is 5.43 Å². The Morgan fingerprint density at radius 2 is 1.84 bits per heavy atom. The van der Waals surface area contributed by atoms with Crippen LogP contribution in [-0.2, 0) is 0 Å². The maximum absolute atomic E-state index is 13.9. The first kappa shape index (κ1) is 13.5. The van der Waals surface area contributed by atoms with Crippen LogP contribution in [0.1, 0.15) is 22.7 Å². The lowest BCUT2D eigenvalue weighted by molar-refractivity contribution is 0.414. The van der Waals surface area contributed by atoms with Gasteiger partial charge < -0.3 is 4.74 Å². The molecule has 0 bridgehead atoms. The molecule has 0 spiro atoms. The molecular formula is C15H17FN2O. The topological polar surface area (TPSA) is 47.3 Å². The Bertz CT molecular complexity index is 555. The summed E-state index contributed by atoms with van der Waals surface area (Å²) in [4.78, 5) is 0. The molecule has 0 saturated carbocycles. The Balaban J connectivity index is 2.40. The van der Waals surface area contributed by atoms with Crippen LogP contribution >= 0.6 is 0 Å². The predicted molar refractivity (Wildman–Crippen MR) is 73.3 cm³/mol. The summed E-state index contributed by atoms with van der Waals surface area (Å²) in [5, 5.41) is 0. The summed E-state index contributed by atoms with van der Waals surface area (Å²) in [7, 11) is 1.61. The van der Waals surface area contributed by atoms with Gasteiger partial charge in [0.05, 0.1) is 13.2 Å². The molecule has 100 valence electrons. The summed E-state index contributed by atoms with van der Waals surface area (Å²) in [6.07, 6.45) is 0. The molecule has 0 saturated heterocycles. The molecule has 0 aromatic heterocycles. The van der Waals surface area contributed by atoms with Crippen LogP contribution in [0.3, 0.4) is 0 Å². The number of hydrazine groups is 1. The van der Waals surface area contributed by atoms with E-state index in [1.165, 1.54) is 6.07 Å². The summed E-state index contributed by atoms with van der Waals surface area (Å²) in [6, 6.07) is 12.0. The van der Waals surface area contributed by atoms with Gasteiger partial charge in [0.15, 0.2) is 0 Å². The highest BCUT2D eigenvalue weighted by Crippen LogP contribution is 2.26. The van der Waals surface area contributed by atoms with Crippen molar-refractivity contribution in [3.8, 4) is 5.75 Å². The van der Waals surface area contributed by atoms with E-state index in [-0.39, 0.29) is 11.9 Å². The number of rotatable bonds is 4. The van der Waals surface area contributed by atoms with Crippen molar-refractivity contribution in [3.05, 3.63) is 65.0 Å². The standard InChI is InChI=1S/C15H17FN2O/c1-10-3-8-14(16)13(9-10)15(18-17)11-4-6-12(19-2)7-5-11/h3-9,15,18H,17H2,1-2H3. The van der Waals surface area contributed by atoms with E-state index in [4.69, 9.17) is 10.6 Å². The Morgan fingerprint density at radius 3 is 2.42 bits per heavy atom. The lowest BCUT2D eigenvalue weighted by atomic mass is 9.97. The van der Waals surface area contributed by atoms with Gasteiger partial charge in [-0.05, 0) is 30.7 Å². The average molecular weight is 260 g/mol. The molecule has 0 heterocycles. The van der Waals surface area contributed by atoms with Crippen molar-refractivity contribution in [2.75, 3.05) is 7.11 Å². The lowest BCUT2D eigenvalue weighted by Crippen LogP contribution is -2.29. The Morgan fingerprint density at radius 1 is 1.16 bits per heavy atom. The second kappa shape index (κ2) is 5.82. The van der Waals surface area contributed by atoms with Gasteiger partial charge >= 0.3 is 0 Å². The van der Waals surface area contributed by atoms with Crippen LogP contribution in [0.4, 0.5) is 4.39 Å². The first-order valence-electron chi connectivity index (χ1n) is 6.02. The summed E-state index contributed by atoms with van der Waals surface area (Å²) >= 11 is 0. The molecule has 19 heavy (non-hydrogen) atoms. The van der Waals surface area contributed by atoms with Gasteiger partial charge in [-0.1, -0.05) is 29.8 Å². The zero-order valence-corrected chi connectivity index (χ0v) is 11.0. The highest BCUT2D eigenvalue weighted by Gasteiger charge is 2.16. The molecule has 0 aliphatic heterocycles. The van der Waals surface area contributed by atoms with Crippen LogP contribution in [0, 0.1) is 12.7 Å². The van der Waals surface area contributed by atoms with Crippen molar-refractivity contribution in [1.82, 2.24) is 5.43 Å². The van der Waals surface area contributed by atoms with Crippen molar-refractivity contribution in [2.24, 2.45) is 5.84 Å². The second-order valence-electron chi connectivity index (χ2n) is 4.40. The van der Waals surface area contributed by atoms with E-state index in [0.29, 0.717) is 5.56 Å². The lowest BCUT2D eigenvalue weighted by Gasteiger charge is -2.18. The number of nitrogens with two attached hydrogens (primary N) is 1. The van der Waals surface area contributed by atoms with E-state index >= 15 is 0 Å². The van der Waals surface area contributed by atoms with Crippen molar-refractivity contribution in [1.29, 1.82) is 0 Å². The monoisotopic (exact) mass is 260 g/mol. The molecule has 0 amide bonds. The van der Waals surface area contributed by atoms with Crippen LogP contribution in [-0.4, -0.2) is 7.11 Å². The van der Waals surface area contributed by atoms with Crippen molar-refractivity contribution < 1.29 is 9.13 Å². The Kier molecular flexibility index (Phi) is 4.14. The third kappa shape index (κ3) is 2.92. The summed E-state index contributed by atoms with van der Waals surface area (Å²) < 4.78 is 19.0. The molecule has 1 unspecified atom stereocenters. The van der Waals surface area contributed by atoms with Gasteiger partial charge in [-0.15, -0.1) is 0 Å². The average Bonchev–Trinajstić information content (AvgIpc) is 2.44. The van der Waals surface area contributed by atoms with E-state index in [1.807, 2.05) is 31.2 Å². The van der Waals surface area contributed by atoms with Crippen molar-refractivity contribution >= 4 is 0 Å². The van der Waals surface area contributed by atoms with E-state index in [0.717, 1.165) is 16.9 Å². The Labute approximate surface area is 112 Å². The molecule has 3 nitrogen and oxygen atoms in total. The van der Waals surface area contributed by atoms with Gasteiger partial charge in [0.25, 0.3) is 0 Å². The van der Waals surface area contributed by atoms with Crippen LogP contribution in [0.15, 0.2) is 42.5 Å². The molecule has 0 aliphatic rings. The van der Waals surface area contributed by atoms with Gasteiger partial charge in [0.1, 0.15) is 11.6 Å². The maximum Gasteiger partial charge on any atom is 0.128 e. The first-order chi connectivity index (χ1) is 9.15. The van der Waals surface area contributed by atoms with Gasteiger partial charge in [-0.25, -0.2) is 9.82 Å². The minimum absolute atomic E-state index is 0.274. The zero-order chi connectivity index (χ0) is 13.8. The molecule has 3 N–H and O–H groups in total. The summed E-state index contributed by atoms with van der Waals surface area (Å²) in [5.74, 6) is 6.06. The molecule has 4 heteroatoms. The fourth-order valence-corrected chi connectivity index (χ4v) is 2.05. The summed E-state index contributed by atoms with van der Waals surface area (Å²) in [6.45, 7) is 1.92. The number of nitrogens with one attached hydrogen (secondary N) is 1. The molecule has 2 rings (SSSR count). The number of ether oxygens (including phenoxy) is 1. The summed E-state index contributed by atoms with van der Waals surface area (Å²) in [5.41, 5.74) is 5.07. The van der Waals surface area contributed by atoms with Crippen LogP contribution < -0.4 is 16.0 Å². The molecule has 1 atom stereocenters. The Hall–Kier alpha value is -1.91. The molecule has 0 fully saturated rings. The van der Waals surface area contributed by atoms with Gasteiger partial charge in [-0.3, -0.25) is 5.84 Å². The second-order valence-corrected chi connectivity index (χ2v) is 4.40. The highest BCUT2D eigenvalue weighted by molar-refractivity contribution is 5.37. The molecular weight excluding hydrogens is 243 g/mol.